The van der Waals surface area contributed by atoms with Crippen molar-refractivity contribution >= 4 is 17.8 Å². The first-order chi connectivity index (χ1) is 20.0. The molecular weight excluding hydrogens is 516 g/mol. The Balaban J connectivity index is 1.49. The lowest BCUT2D eigenvalue weighted by Gasteiger charge is -2.25. The number of allylic oxidation sites excluding steroid dienone is 2. The summed E-state index contributed by atoms with van der Waals surface area (Å²) in [5, 5.41) is 15.8. The number of carbonyl (C=O) groups is 3. The van der Waals surface area contributed by atoms with Gasteiger partial charge >= 0.3 is 5.97 Å². The zero-order valence-electron chi connectivity index (χ0n) is 23.2. The van der Waals surface area contributed by atoms with Crippen LogP contribution in [-0.4, -0.2) is 42.1 Å². The van der Waals surface area contributed by atoms with Gasteiger partial charge in [0.05, 0.1) is 30.5 Å². The van der Waals surface area contributed by atoms with E-state index in [2.05, 4.69) is 10.6 Å². The van der Waals surface area contributed by atoms with Crippen LogP contribution in [0.15, 0.2) is 103 Å². The molecule has 4 atom stereocenters. The smallest absolute Gasteiger partial charge is 0.309 e. The van der Waals surface area contributed by atoms with Gasteiger partial charge in [0.1, 0.15) is 6.61 Å². The van der Waals surface area contributed by atoms with Crippen molar-refractivity contribution in [3.63, 3.8) is 0 Å². The van der Waals surface area contributed by atoms with E-state index < -0.39 is 18.0 Å². The molecule has 0 spiro atoms. The Morgan fingerprint density at radius 1 is 0.854 bits per heavy atom. The second-order valence-corrected chi connectivity index (χ2v) is 10.5. The average Bonchev–Trinajstić information content (AvgIpc) is 3.00. The Kier molecular flexibility index (Phi) is 11.3. The number of aliphatic hydroxyl groups excluding tert-OH is 1. The van der Waals surface area contributed by atoms with Crippen LogP contribution in [-0.2, 0) is 32.0 Å². The predicted octanol–water partition coefficient (Wildman–Crippen LogP) is 4.32. The zero-order valence-corrected chi connectivity index (χ0v) is 23.2. The van der Waals surface area contributed by atoms with Crippen LogP contribution in [0.5, 0.6) is 0 Å². The number of benzene rings is 3. The second kappa shape index (κ2) is 15.5. The van der Waals surface area contributed by atoms with Gasteiger partial charge in [-0.3, -0.25) is 14.4 Å². The maximum absolute atomic E-state index is 13.5. The minimum Gasteiger partial charge on any atom is -0.463 e. The fourth-order valence-electron chi connectivity index (χ4n) is 5.02. The van der Waals surface area contributed by atoms with E-state index in [4.69, 9.17) is 4.74 Å². The van der Waals surface area contributed by atoms with Crippen molar-refractivity contribution in [3.05, 3.63) is 120 Å². The number of carbonyl (C=O) groups excluding carboxylic acids is 3. The molecule has 0 aliphatic carbocycles. The molecule has 4 rings (SSSR count). The number of ether oxygens (including phenoxy) is 1. The number of nitrogens with one attached hydrogen (secondary N) is 2. The second-order valence-electron chi connectivity index (χ2n) is 10.5. The van der Waals surface area contributed by atoms with Crippen LogP contribution in [0.1, 0.15) is 42.0 Å². The molecule has 0 aromatic heterocycles. The first-order valence-corrected chi connectivity index (χ1v) is 14.2. The molecule has 7 heteroatoms. The molecule has 0 saturated carbocycles. The van der Waals surface area contributed by atoms with Crippen LogP contribution >= 0.6 is 0 Å². The molecule has 0 saturated heterocycles. The van der Waals surface area contributed by atoms with E-state index in [1.54, 1.807) is 0 Å². The van der Waals surface area contributed by atoms with Gasteiger partial charge in [0.25, 0.3) is 0 Å². The highest BCUT2D eigenvalue weighted by molar-refractivity contribution is 5.86. The third kappa shape index (κ3) is 9.43. The fraction of sp³-hybridized carbons (Fsp3) is 0.324. The van der Waals surface area contributed by atoms with Crippen LogP contribution in [0, 0.1) is 11.8 Å². The van der Waals surface area contributed by atoms with E-state index in [9.17, 15) is 19.5 Å². The SMILES string of the molecule is O=C(C[C@H]1CC=CC[C@H](Cc2ccccc2)C(=O)OC[C@H](c2ccccc2)NC1=O)N[C@H](CO)Cc1ccccc1. The van der Waals surface area contributed by atoms with Crippen LogP contribution in [0.25, 0.3) is 0 Å². The third-order valence-corrected chi connectivity index (χ3v) is 7.29. The van der Waals surface area contributed by atoms with Crippen LogP contribution < -0.4 is 10.6 Å². The van der Waals surface area contributed by atoms with E-state index in [1.807, 2.05) is 103 Å². The van der Waals surface area contributed by atoms with Crippen molar-refractivity contribution in [1.29, 1.82) is 0 Å². The number of cyclic esters (lactones) is 1. The highest BCUT2D eigenvalue weighted by Crippen LogP contribution is 2.22. The van der Waals surface area contributed by atoms with Gasteiger partial charge in [-0.25, -0.2) is 0 Å². The highest BCUT2D eigenvalue weighted by Gasteiger charge is 2.28. The number of esters is 1. The summed E-state index contributed by atoms with van der Waals surface area (Å²) in [4.78, 5) is 39.6. The Morgan fingerprint density at radius 2 is 1.44 bits per heavy atom. The van der Waals surface area contributed by atoms with Gasteiger partial charge in [-0.1, -0.05) is 103 Å². The van der Waals surface area contributed by atoms with Crippen molar-refractivity contribution in [3.8, 4) is 0 Å². The number of amides is 2. The molecule has 3 aromatic carbocycles. The quantitative estimate of drug-likeness (QED) is 0.270. The van der Waals surface area contributed by atoms with E-state index in [-0.39, 0.29) is 43.3 Å². The number of hydrogen-bond donors (Lipinski definition) is 3. The summed E-state index contributed by atoms with van der Waals surface area (Å²) in [7, 11) is 0. The molecule has 41 heavy (non-hydrogen) atoms. The van der Waals surface area contributed by atoms with Gasteiger partial charge in [-0.2, -0.15) is 0 Å². The summed E-state index contributed by atoms with van der Waals surface area (Å²) in [5.74, 6) is -1.90. The Bertz CT molecular complexity index is 1280. The molecule has 1 heterocycles. The molecule has 3 aromatic rings. The van der Waals surface area contributed by atoms with Crippen molar-refractivity contribution < 1.29 is 24.2 Å². The van der Waals surface area contributed by atoms with Crippen LogP contribution in [0.4, 0.5) is 0 Å². The van der Waals surface area contributed by atoms with Gasteiger partial charge in [-0.05, 0) is 42.4 Å². The van der Waals surface area contributed by atoms with Crippen molar-refractivity contribution in [2.75, 3.05) is 13.2 Å². The Hall–Kier alpha value is -4.23. The summed E-state index contributed by atoms with van der Waals surface area (Å²) >= 11 is 0. The largest absolute Gasteiger partial charge is 0.463 e. The van der Waals surface area contributed by atoms with Crippen LogP contribution in [0.3, 0.4) is 0 Å². The molecule has 2 amide bonds. The zero-order chi connectivity index (χ0) is 28.9. The fourth-order valence-corrected chi connectivity index (χ4v) is 5.02. The Morgan fingerprint density at radius 3 is 2.07 bits per heavy atom. The summed E-state index contributed by atoms with van der Waals surface area (Å²) in [6.07, 6.45) is 5.58. The molecular formula is C34H38N2O5. The number of hydrogen-bond acceptors (Lipinski definition) is 5. The maximum atomic E-state index is 13.5. The van der Waals surface area contributed by atoms with Crippen molar-refractivity contribution in [2.24, 2.45) is 11.8 Å². The lowest BCUT2D eigenvalue weighted by Crippen LogP contribution is -2.42. The molecule has 0 radical (unpaired) electrons. The molecule has 0 fully saturated rings. The monoisotopic (exact) mass is 554 g/mol. The highest BCUT2D eigenvalue weighted by atomic mass is 16.5. The number of rotatable bonds is 9. The van der Waals surface area contributed by atoms with Gasteiger partial charge in [0.2, 0.25) is 11.8 Å². The third-order valence-electron chi connectivity index (χ3n) is 7.29. The lowest BCUT2D eigenvalue weighted by molar-refractivity contribution is -0.150. The van der Waals surface area contributed by atoms with E-state index in [0.717, 1.165) is 16.7 Å². The van der Waals surface area contributed by atoms with Crippen molar-refractivity contribution in [1.82, 2.24) is 10.6 Å². The summed E-state index contributed by atoms with van der Waals surface area (Å²) in [6, 6.07) is 27.8. The van der Waals surface area contributed by atoms with E-state index >= 15 is 0 Å². The normalized spacial score (nSPS) is 20.6. The van der Waals surface area contributed by atoms with Gasteiger partial charge < -0.3 is 20.5 Å². The lowest BCUT2D eigenvalue weighted by atomic mass is 9.94. The van der Waals surface area contributed by atoms with Gasteiger partial charge in [0.15, 0.2) is 0 Å². The van der Waals surface area contributed by atoms with E-state index in [1.165, 1.54) is 0 Å². The first kappa shape index (κ1) is 29.7. The summed E-state index contributed by atoms with van der Waals surface area (Å²) in [5.41, 5.74) is 2.86. The van der Waals surface area contributed by atoms with E-state index in [0.29, 0.717) is 25.7 Å². The minimum absolute atomic E-state index is 0.00777. The van der Waals surface area contributed by atoms with Crippen molar-refractivity contribution in [2.45, 2.75) is 44.2 Å². The predicted molar refractivity (Wildman–Crippen MR) is 158 cm³/mol. The molecule has 3 N–H and O–H groups in total. The van der Waals surface area contributed by atoms with Gasteiger partial charge in [-0.15, -0.1) is 0 Å². The Labute approximate surface area is 241 Å². The maximum Gasteiger partial charge on any atom is 0.309 e. The molecule has 0 bridgehead atoms. The molecule has 1 aliphatic heterocycles. The first-order valence-electron chi connectivity index (χ1n) is 14.2. The molecule has 7 nitrogen and oxygen atoms in total. The number of aliphatic hydroxyl groups is 1. The molecule has 214 valence electrons. The van der Waals surface area contributed by atoms with Crippen LogP contribution in [0.2, 0.25) is 0 Å². The molecule has 0 unspecified atom stereocenters. The van der Waals surface area contributed by atoms with Gasteiger partial charge in [0, 0.05) is 6.42 Å². The molecule has 1 aliphatic rings. The summed E-state index contributed by atoms with van der Waals surface area (Å²) < 4.78 is 5.76. The average molecular weight is 555 g/mol. The topological polar surface area (TPSA) is 105 Å². The minimum atomic E-state index is -0.628. The standard InChI is InChI=1S/C34H38N2O5/c37-23-30(21-26-14-6-2-7-15-26)35-32(38)22-28-18-10-11-19-29(20-25-12-4-1-5-13-25)34(40)41-24-31(36-33(28)39)27-16-8-3-9-17-27/h1-17,28-31,37H,18-24H2,(H,35,38)(H,36,39)/t28-,29-,30+,31-/m1/s1. The summed E-state index contributed by atoms with van der Waals surface area (Å²) in [6.45, 7) is -0.214.